The van der Waals surface area contributed by atoms with Crippen LogP contribution >= 0.6 is 15.9 Å². The third-order valence-corrected chi connectivity index (χ3v) is 2.72. The molecule has 0 atom stereocenters. The van der Waals surface area contributed by atoms with Gasteiger partial charge in [0, 0.05) is 22.9 Å². The van der Waals surface area contributed by atoms with Crippen molar-refractivity contribution in [1.29, 1.82) is 5.26 Å². The Balaban J connectivity index is 2.10. The summed E-state index contributed by atoms with van der Waals surface area (Å²) in [5, 5.41) is 12.4. The van der Waals surface area contributed by atoms with Crippen LogP contribution < -0.4 is 0 Å². The summed E-state index contributed by atoms with van der Waals surface area (Å²) in [7, 11) is 0. The van der Waals surface area contributed by atoms with Gasteiger partial charge in [-0.2, -0.15) is 10.2 Å². The van der Waals surface area contributed by atoms with E-state index in [4.69, 9.17) is 9.78 Å². The van der Waals surface area contributed by atoms with Gasteiger partial charge < -0.3 is 4.52 Å². The van der Waals surface area contributed by atoms with Gasteiger partial charge >= 0.3 is 0 Å². The molecule has 1 aromatic carbocycles. The van der Waals surface area contributed by atoms with Crippen molar-refractivity contribution in [2.75, 3.05) is 0 Å². The molecule has 2 rings (SSSR count). The summed E-state index contributed by atoms with van der Waals surface area (Å²) in [5.74, 6) is 1.16. The molecule has 0 aliphatic rings. The Kier molecular flexibility index (Phi) is 3.89. The van der Waals surface area contributed by atoms with Gasteiger partial charge in [0.05, 0.1) is 6.07 Å². The van der Waals surface area contributed by atoms with E-state index in [0.717, 1.165) is 16.5 Å². The second kappa shape index (κ2) is 5.60. The Hall–Kier alpha value is -1.67. The summed E-state index contributed by atoms with van der Waals surface area (Å²) >= 11 is 3.40. The molecule has 2 aromatic rings. The predicted molar refractivity (Wildman–Crippen MR) is 66.0 cm³/mol. The summed E-state index contributed by atoms with van der Waals surface area (Å²) in [4.78, 5) is 4.29. The lowest BCUT2D eigenvalue weighted by atomic mass is 10.2. The van der Waals surface area contributed by atoms with Gasteiger partial charge in [-0.05, 0) is 18.6 Å². The highest BCUT2D eigenvalue weighted by Gasteiger charge is 2.08. The van der Waals surface area contributed by atoms with E-state index in [1.54, 1.807) is 0 Å². The number of rotatable bonds is 4. The third-order valence-electron chi connectivity index (χ3n) is 2.23. The average molecular weight is 292 g/mol. The third kappa shape index (κ3) is 3.14. The fourth-order valence-corrected chi connectivity index (χ4v) is 1.82. The maximum atomic E-state index is 8.44. The van der Waals surface area contributed by atoms with E-state index in [1.807, 2.05) is 24.3 Å². The molecule has 0 amide bonds. The van der Waals surface area contributed by atoms with Crippen LogP contribution in [-0.4, -0.2) is 10.1 Å². The summed E-state index contributed by atoms with van der Waals surface area (Å²) in [6.07, 6.45) is 1.90. The molecule has 0 aliphatic carbocycles. The van der Waals surface area contributed by atoms with Gasteiger partial charge in [-0.15, -0.1) is 0 Å². The Labute approximate surface area is 107 Å². The van der Waals surface area contributed by atoms with Crippen molar-refractivity contribution < 1.29 is 4.52 Å². The van der Waals surface area contributed by atoms with Gasteiger partial charge in [0.25, 0.3) is 0 Å². The number of benzene rings is 1. The first-order chi connectivity index (χ1) is 8.29. The van der Waals surface area contributed by atoms with Crippen LogP contribution in [0.15, 0.2) is 33.3 Å². The quantitative estimate of drug-likeness (QED) is 0.811. The molecule has 0 radical (unpaired) electrons. The Morgan fingerprint density at radius 3 is 3.06 bits per heavy atom. The van der Waals surface area contributed by atoms with Crippen LogP contribution in [0.5, 0.6) is 0 Å². The fraction of sp³-hybridized carbons (Fsp3) is 0.250. The molecule has 5 heteroatoms. The number of hydrogen-bond donors (Lipinski definition) is 0. The molecule has 0 bridgehead atoms. The highest BCUT2D eigenvalue weighted by atomic mass is 79.9. The fourth-order valence-electron chi connectivity index (χ4n) is 1.42. The van der Waals surface area contributed by atoms with Crippen LogP contribution in [0.2, 0.25) is 0 Å². The first-order valence-corrected chi connectivity index (χ1v) is 6.04. The molecule has 0 saturated heterocycles. The number of aryl methyl sites for hydroxylation is 1. The average Bonchev–Trinajstić information content (AvgIpc) is 2.78. The van der Waals surface area contributed by atoms with Crippen LogP contribution in [0.1, 0.15) is 18.7 Å². The second-order valence-electron chi connectivity index (χ2n) is 3.53. The molecule has 0 fully saturated rings. The summed E-state index contributed by atoms with van der Waals surface area (Å²) < 4.78 is 6.10. The highest BCUT2D eigenvalue weighted by Crippen LogP contribution is 2.20. The van der Waals surface area contributed by atoms with E-state index in [2.05, 4.69) is 32.1 Å². The molecule has 1 aromatic heterocycles. The lowest BCUT2D eigenvalue weighted by molar-refractivity contribution is 0.376. The molecule has 86 valence electrons. The van der Waals surface area contributed by atoms with Gasteiger partial charge in [0.15, 0.2) is 0 Å². The van der Waals surface area contributed by atoms with Crippen molar-refractivity contribution in [2.24, 2.45) is 0 Å². The van der Waals surface area contributed by atoms with Crippen LogP contribution in [0, 0.1) is 11.3 Å². The summed E-state index contributed by atoms with van der Waals surface area (Å²) in [6.45, 7) is 0. The van der Waals surface area contributed by atoms with Crippen LogP contribution in [0.3, 0.4) is 0 Å². The number of unbranched alkanes of at least 4 members (excludes halogenated alkanes) is 1. The Morgan fingerprint density at radius 1 is 1.41 bits per heavy atom. The zero-order valence-electron chi connectivity index (χ0n) is 9.06. The molecule has 0 N–H and O–H groups in total. The maximum Gasteiger partial charge on any atom is 0.226 e. The molecule has 0 unspecified atom stereocenters. The van der Waals surface area contributed by atoms with Gasteiger partial charge in [0.2, 0.25) is 11.7 Å². The van der Waals surface area contributed by atoms with Crippen molar-refractivity contribution in [3.8, 4) is 17.5 Å². The number of hydrogen-bond acceptors (Lipinski definition) is 4. The zero-order chi connectivity index (χ0) is 12.1. The van der Waals surface area contributed by atoms with E-state index < -0.39 is 0 Å². The van der Waals surface area contributed by atoms with Crippen molar-refractivity contribution in [2.45, 2.75) is 19.3 Å². The van der Waals surface area contributed by atoms with Gasteiger partial charge in [-0.3, -0.25) is 0 Å². The zero-order valence-corrected chi connectivity index (χ0v) is 10.6. The van der Waals surface area contributed by atoms with Crippen LogP contribution in [0.4, 0.5) is 0 Å². The van der Waals surface area contributed by atoms with Gasteiger partial charge in [0.1, 0.15) is 0 Å². The Bertz CT molecular complexity index is 545. The van der Waals surface area contributed by atoms with Crippen LogP contribution in [0.25, 0.3) is 11.4 Å². The number of nitrogens with zero attached hydrogens (tertiary/aromatic N) is 3. The minimum absolute atomic E-state index is 0.509. The minimum Gasteiger partial charge on any atom is -0.339 e. The second-order valence-corrected chi connectivity index (χ2v) is 4.45. The first-order valence-electron chi connectivity index (χ1n) is 5.25. The largest absolute Gasteiger partial charge is 0.339 e. The highest BCUT2D eigenvalue weighted by molar-refractivity contribution is 9.10. The van der Waals surface area contributed by atoms with Crippen molar-refractivity contribution >= 4 is 15.9 Å². The molecule has 17 heavy (non-hydrogen) atoms. The predicted octanol–water partition coefficient (Wildman–Crippen LogP) is 3.35. The van der Waals surface area contributed by atoms with Gasteiger partial charge in [-0.25, -0.2) is 0 Å². The topological polar surface area (TPSA) is 62.7 Å². The van der Waals surface area contributed by atoms with E-state index >= 15 is 0 Å². The monoisotopic (exact) mass is 291 g/mol. The minimum atomic E-state index is 0.509. The van der Waals surface area contributed by atoms with Crippen molar-refractivity contribution in [3.63, 3.8) is 0 Å². The molecule has 1 heterocycles. The summed E-state index contributed by atoms with van der Waals surface area (Å²) in [6, 6.07) is 9.81. The first kappa shape index (κ1) is 11.8. The number of halogens is 1. The standard InChI is InChI=1S/C12H10BrN3O/c13-10-5-3-4-9(8-10)12-15-11(17-16-12)6-1-2-7-14/h3-5,8H,1-2,6H2. The molecular weight excluding hydrogens is 282 g/mol. The van der Waals surface area contributed by atoms with Crippen LogP contribution in [-0.2, 0) is 6.42 Å². The number of nitriles is 1. The smallest absolute Gasteiger partial charge is 0.226 e. The maximum absolute atomic E-state index is 8.44. The molecular formula is C12H10BrN3O. The van der Waals surface area contributed by atoms with E-state index in [0.29, 0.717) is 24.6 Å². The van der Waals surface area contributed by atoms with Crippen molar-refractivity contribution in [1.82, 2.24) is 10.1 Å². The molecule has 0 spiro atoms. The van der Waals surface area contributed by atoms with Crippen molar-refractivity contribution in [3.05, 3.63) is 34.6 Å². The molecule has 4 nitrogen and oxygen atoms in total. The lowest BCUT2D eigenvalue weighted by Crippen LogP contribution is -1.85. The van der Waals surface area contributed by atoms with Gasteiger partial charge in [-0.1, -0.05) is 33.2 Å². The van der Waals surface area contributed by atoms with E-state index in [9.17, 15) is 0 Å². The van der Waals surface area contributed by atoms with E-state index in [-0.39, 0.29) is 0 Å². The normalized spacial score (nSPS) is 10.1. The number of aromatic nitrogens is 2. The van der Waals surface area contributed by atoms with E-state index in [1.165, 1.54) is 0 Å². The molecule has 0 saturated carbocycles. The molecule has 0 aliphatic heterocycles. The summed E-state index contributed by atoms with van der Waals surface area (Å²) in [5.41, 5.74) is 0.912. The SMILES string of the molecule is N#CCCCc1nc(-c2cccc(Br)c2)no1. The Morgan fingerprint density at radius 2 is 2.29 bits per heavy atom. The lowest BCUT2D eigenvalue weighted by Gasteiger charge is -1.94.